The Hall–Kier alpha value is -2.62. The minimum absolute atomic E-state index is 0.00650. The quantitative estimate of drug-likeness (QED) is 0.128. The summed E-state index contributed by atoms with van der Waals surface area (Å²) in [5.74, 6) is -0.528. The number of alkyl halides is 1. The van der Waals surface area contributed by atoms with Gasteiger partial charge in [0.2, 0.25) is 0 Å². The molecule has 7 nitrogen and oxygen atoms in total. The molecule has 0 saturated heterocycles. The van der Waals surface area contributed by atoms with Gasteiger partial charge in [0, 0.05) is 42.2 Å². The molecule has 0 aliphatic heterocycles. The zero-order valence-corrected chi connectivity index (χ0v) is 22.7. The molecule has 0 amide bonds. The molecule has 2 aromatic rings. The summed E-state index contributed by atoms with van der Waals surface area (Å²) in [6.45, 7) is 8.46. The molecule has 196 valence electrons. The van der Waals surface area contributed by atoms with E-state index in [4.69, 9.17) is 16.2 Å². The lowest BCUT2D eigenvalue weighted by Crippen LogP contribution is -2.23. The van der Waals surface area contributed by atoms with E-state index < -0.39 is 17.4 Å². The minimum atomic E-state index is -2.00. The van der Waals surface area contributed by atoms with E-state index in [0.29, 0.717) is 18.5 Å². The number of nitrogens with one attached hydrogen (secondary N) is 1. The van der Waals surface area contributed by atoms with Gasteiger partial charge in [0.05, 0.1) is 11.3 Å². The number of carbonyl (C=O) groups is 1. The molecule has 0 aliphatic carbocycles. The molecule has 2 heterocycles. The second-order valence-electron chi connectivity index (χ2n) is 8.65. The largest absolute Gasteiger partial charge is 0.349 e. The number of rotatable bonds is 14. The molecule has 3 unspecified atom stereocenters. The van der Waals surface area contributed by atoms with Gasteiger partial charge in [-0.2, -0.15) is 0 Å². The molecule has 2 N–H and O–H groups in total. The molecule has 10 heteroatoms. The first-order valence-corrected chi connectivity index (χ1v) is 13.5. The molecule has 0 radical (unpaired) electrons. The third-order valence-electron chi connectivity index (χ3n) is 5.75. The highest BCUT2D eigenvalue weighted by Crippen LogP contribution is 2.21. The van der Waals surface area contributed by atoms with Gasteiger partial charge < -0.3 is 14.4 Å². The van der Waals surface area contributed by atoms with Gasteiger partial charge >= 0.3 is 0 Å². The second-order valence-corrected chi connectivity index (χ2v) is 10.0. The van der Waals surface area contributed by atoms with Crippen molar-refractivity contribution in [3.8, 4) is 0 Å². The molecular weight excluding hydrogens is 503 g/mol. The number of allylic oxidation sites excluding steroid dienone is 6. The van der Waals surface area contributed by atoms with Crippen molar-refractivity contribution in [3.63, 3.8) is 0 Å². The van der Waals surface area contributed by atoms with Gasteiger partial charge in [-0.3, -0.25) is 4.79 Å². The topological polar surface area (TPSA) is 97.1 Å². The first kappa shape index (κ1) is 29.6. The van der Waals surface area contributed by atoms with Crippen LogP contribution >= 0.6 is 11.6 Å². The van der Waals surface area contributed by atoms with E-state index in [1.807, 2.05) is 43.6 Å². The molecule has 36 heavy (non-hydrogen) atoms. The van der Waals surface area contributed by atoms with E-state index in [1.165, 1.54) is 12.5 Å². The predicted octanol–water partition coefficient (Wildman–Crippen LogP) is 6.28. The highest BCUT2D eigenvalue weighted by Gasteiger charge is 2.21. The summed E-state index contributed by atoms with van der Waals surface area (Å²) in [7, 11) is 0. The zero-order chi connectivity index (χ0) is 26.7. The molecule has 0 saturated carbocycles. The summed E-state index contributed by atoms with van der Waals surface area (Å²) < 4.78 is 36.8. The van der Waals surface area contributed by atoms with Crippen LogP contribution in [0.5, 0.6) is 0 Å². The summed E-state index contributed by atoms with van der Waals surface area (Å²) in [6.07, 6.45) is 11.8. The summed E-state index contributed by atoms with van der Waals surface area (Å²) in [6, 6.07) is 1.70. The Morgan fingerprint density at radius 3 is 2.78 bits per heavy atom. The number of ketones is 1. The zero-order valence-electron chi connectivity index (χ0n) is 21.1. The van der Waals surface area contributed by atoms with Gasteiger partial charge in [0.25, 0.3) is 0 Å². The predicted molar refractivity (Wildman–Crippen MR) is 144 cm³/mol. The third kappa shape index (κ3) is 9.44. The lowest BCUT2D eigenvalue weighted by molar-refractivity contribution is 0.103. The first-order valence-electron chi connectivity index (χ1n) is 11.8. The maximum Gasteiger partial charge on any atom is 0.199 e. The number of carbonyl (C=O) groups excluding carboxylic acids is 1. The molecular formula is C26H34ClFN4O3S. The van der Waals surface area contributed by atoms with Crippen molar-refractivity contribution in [1.82, 2.24) is 14.5 Å². The fourth-order valence-corrected chi connectivity index (χ4v) is 4.42. The van der Waals surface area contributed by atoms with E-state index in [9.17, 15) is 13.4 Å². The number of nitrogens with zero attached hydrogens (tertiary/aromatic N) is 3. The van der Waals surface area contributed by atoms with E-state index in [1.54, 1.807) is 18.5 Å². The van der Waals surface area contributed by atoms with Crippen molar-refractivity contribution in [2.75, 3.05) is 11.1 Å². The lowest BCUT2D eigenvalue weighted by atomic mass is 10.0. The van der Waals surface area contributed by atoms with E-state index in [0.717, 1.165) is 22.6 Å². The van der Waals surface area contributed by atoms with Crippen molar-refractivity contribution in [1.29, 1.82) is 0 Å². The van der Waals surface area contributed by atoms with Crippen LogP contribution in [0.15, 0.2) is 65.4 Å². The average Bonchev–Trinajstić information content (AvgIpc) is 3.30. The maximum absolute atomic E-state index is 14.7. The van der Waals surface area contributed by atoms with Crippen LogP contribution in [0.4, 0.5) is 10.2 Å². The van der Waals surface area contributed by atoms with Gasteiger partial charge in [-0.05, 0) is 38.3 Å². The van der Waals surface area contributed by atoms with Crippen LogP contribution in [-0.2, 0) is 17.6 Å². The first-order chi connectivity index (χ1) is 17.1. The van der Waals surface area contributed by atoms with E-state index in [2.05, 4.69) is 22.2 Å². The molecule has 0 aliphatic rings. The monoisotopic (exact) mass is 536 g/mol. The van der Waals surface area contributed by atoms with Crippen LogP contribution in [0.2, 0.25) is 0 Å². The fraction of sp³-hybridized carbons (Fsp3) is 0.423. The number of aromatic nitrogens is 3. The van der Waals surface area contributed by atoms with Gasteiger partial charge in [0.1, 0.15) is 12.1 Å². The van der Waals surface area contributed by atoms with Gasteiger partial charge in [0.15, 0.2) is 23.2 Å². The Labute approximate surface area is 219 Å². The molecule has 2 aromatic heterocycles. The molecule has 3 atom stereocenters. The van der Waals surface area contributed by atoms with Gasteiger partial charge in [-0.15, -0.1) is 0 Å². The summed E-state index contributed by atoms with van der Waals surface area (Å²) in [5, 5.41) is 3.36. The van der Waals surface area contributed by atoms with Crippen LogP contribution in [0.1, 0.15) is 62.9 Å². The van der Waals surface area contributed by atoms with Crippen LogP contribution in [0, 0.1) is 5.92 Å². The summed E-state index contributed by atoms with van der Waals surface area (Å²) in [5.41, 5.74) is 2.77. The minimum Gasteiger partial charge on any atom is -0.349 e. The lowest BCUT2D eigenvalue weighted by Gasteiger charge is -2.18. The van der Waals surface area contributed by atoms with Gasteiger partial charge in [-0.25, -0.2) is 18.6 Å². The number of anilines is 1. The smallest absolute Gasteiger partial charge is 0.199 e. The average molecular weight is 537 g/mol. The Kier molecular flexibility index (Phi) is 12.2. The van der Waals surface area contributed by atoms with Crippen LogP contribution in [0.3, 0.4) is 0 Å². The molecule has 0 spiro atoms. The fourth-order valence-electron chi connectivity index (χ4n) is 3.44. The standard InChI is InChI=1S/C26H34ClFN4O3S/c1-5-19(4)23(27)9-7-8-18(3)14-32-11-10-21(15-32)25(33)22-13-29-17-30-26(22)31-24(28)12-20(6-2)16-36(34)35/h7-11,13,15,17,20,24H,5-6,12,14,16H2,1-4H3,(H,34,35)(H,29,30,31)/b9-7-,18-8+,23-19-. The summed E-state index contributed by atoms with van der Waals surface area (Å²) in [4.78, 5) is 21.1. The number of hydrogen-bond acceptors (Lipinski definition) is 5. The highest BCUT2D eigenvalue weighted by molar-refractivity contribution is 7.79. The second kappa shape index (κ2) is 14.8. The van der Waals surface area contributed by atoms with Crippen molar-refractivity contribution >= 4 is 34.3 Å². The molecule has 0 aromatic carbocycles. The molecule has 2 rings (SSSR count). The number of hydrogen-bond donors (Lipinski definition) is 2. The van der Waals surface area contributed by atoms with Crippen molar-refractivity contribution in [2.45, 2.75) is 59.8 Å². The Bertz CT molecular complexity index is 1150. The Morgan fingerprint density at radius 2 is 2.11 bits per heavy atom. The third-order valence-corrected chi connectivity index (χ3v) is 6.96. The Morgan fingerprint density at radius 1 is 1.36 bits per heavy atom. The molecule has 0 bridgehead atoms. The van der Waals surface area contributed by atoms with Crippen molar-refractivity contribution in [2.24, 2.45) is 5.92 Å². The van der Waals surface area contributed by atoms with E-state index in [-0.39, 0.29) is 35.3 Å². The SMILES string of the molecule is CC/C(C)=C(Cl)/C=C\C=C(/C)Cn1ccc(C(=O)c2cncnc2NC(F)CC(CC)CS(=O)O)c1. The normalized spacial score (nSPS) is 15.5. The number of halogens is 2. The van der Waals surface area contributed by atoms with Crippen LogP contribution in [-0.4, -0.2) is 41.1 Å². The maximum atomic E-state index is 14.7. The summed E-state index contributed by atoms with van der Waals surface area (Å²) >= 11 is 4.23. The van der Waals surface area contributed by atoms with Crippen LogP contribution in [0.25, 0.3) is 0 Å². The van der Waals surface area contributed by atoms with E-state index >= 15 is 0 Å². The highest BCUT2D eigenvalue weighted by atomic mass is 35.5. The Balaban J connectivity index is 2.09. The van der Waals surface area contributed by atoms with Gasteiger partial charge in [-0.1, -0.05) is 55.2 Å². The molecule has 0 fully saturated rings. The van der Waals surface area contributed by atoms with Crippen molar-refractivity contribution in [3.05, 3.63) is 76.5 Å². The van der Waals surface area contributed by atoms with Crippen molar-refractivity contribution < 1.29 is 17.9 Å². The van der Waals surface area contributed by atoms with Crippen LogP contribution < -0.4 is 5.32 Å².